The van der Waals surface area contributed by atoms with Gasteiger partial charge in [0.05, 0.1) is 24.9 Å². The third-order valence-electron chi connectivity index (χ3n) is 1.55. The summed E-state index contributed by atoms with van der Waals surface area (Å²) in [5.74, 6) is 0. The van der Waals surface area contributed by atoms with E-state index in [1.54, 1.807) is 7.11 Å². The molecule has 5 heteroatoms. The molecule has 0 saturated carbocycles. The number of nitrogens with one attached hydrogen (secondary N) is 1. The molecule has 1 heterocycles. The van der Waals surface area contributed by atoms with E-state index in [-0.39, 0.29) is 0 Å². The van der Waals surface area contributed by atoms with Crippen LogP contribution >= 0.6 is 11.6 Å². The van der Waals surface area contributed by atoms with Crippen molar-refractivity contribution >= 4 is 11.6 Å². The molecule has 4 nitrogen and oxygen atoms in total. The van der Waals surface area contributed by atoms with E-state index in [4.69, 9.17) is 21.0 Å². The Hall–Kier alpha value is -0.580. The monoisotopic (exact) mass is 190 g/mol. The van der Waals surface area contributed by atoms with E-state index < -0.39 is 0 Å². The predicted molar refractivity (Wildman–Crippen MR) is 44.7 cm³/mol. The third kappa shape index (κ3) is 1.97. The number of hydroxylamine groups is 1. The van der Waals surface area contributed by atoms with Crippen LogP contribution in [0.5, 0.6) is 0 Å². The van der Waals surface area contributed by atoms with E-state index in [1.807, 2.05) is 6.92 Å². The summed E-state index contributed by atoms with van der Waals surface area (Å²) in [6.45, 7) is 2.51. The highest BCUT2D eigenvalue weighted by Crippen LogP contribution is 2.19. The van der Waals surface area contributed by atoms with Crippen molar-refractivity contribution in [2.75, 3.05) is 7.11 Å². The van der Waals surface area contributed by atoms with E-state index in [1.165, 1.54) is 0 Å². The Kier molecular flexibility index (Phi) is 3.52. The molecular weight excluding hydrogens is 180 g/mol. The van der Waals surface area contributed by atoms with Crippen LogP contribution < -0.4 is 5.48 Å². The van der Waals surface area contributed by atoms with Gasteiger partial charge >= 0.3 is 0 Å². The molecule has 0 aliphatic carbocycles. The van der Waals surface area contributed by atoms with Crippen molar-refractivity contribution in [2.24, 2.45) is 0 Å². The first-order chi connectivity index (χ1) is 5.79. The van der Waals surface area contributed by atoms with E-state index in [2.05, 4.69) is 10.6 Å². The molecule has 0 bridgehead atoms. The average Bonchev–Trinajstić information content (AvgIpc) is 2.43. The highest BCUT2D eigenvalue weighted by molar-refractivity contribution is 6.29. The summed E-state index contributed by atoms with van der Waals surface area (Å²) in [5.41, 5.74) is 4.41. The van der Waals surface area contributed by atoms with Crippen molar-refractivity contribution in [3.8, 4) is 0 Å². The number of halogens is 1. The first-order valence-corrected chi connectivity index (χ1v) is 4.06. The zero-order chi connectivity index (χ0) is 8.97. The quantitative estimate of drug-likeness (QED) is 0.732. The second kappa shape index (κ2) is 4.45. The van der Waals surface area contributed by atoms with Crippen LogP contribution in [-0.2, 0) is 17.8 Å². The van der Waals surface area contributed by atoms with Crippen LogP contribution in [0, 0.1) is 0 Å². The van der Waals surface area contributed by atoms with Gasteiger partial charge in [0, 0.05) is 0 Å². The molecule has 0 aliphatic rings. The van der Waals surface area contributed by atoms with Crippen LogP contribution in [0.1, 0.15) is 18.2 Å². The van der Waals surface area contributed by atoms with E-state index in [9.17, 15) is 0 Å². The standard InChI is InChI=1S/C7H11ClN2O2/c1-3-6-5(4-9-11-2)7(8)12-10-6/h9H,3-4H2,1-2H3. The zero-order valence-corrected chi connectivity index (χ0v) is 7.81. The lowest BCUT2D eigenvalue weighted by Gasteiger charge is -1.99. The van der Waals surface area contributed by atoms with Gasteiger partial charge in [-0.1, -0.05) is 12.1 Å². The van der Waals surface area contributed by atoms with Gasteiger partial charge in [-0.25, -0.2) is 0 Å². The number of aromatic nitrogens is 1. The SMILES string of the molecule is CCc1noc(Cl)c1CNOC. The molecule has 0 unspecified atom stereocenters. The van der Waals surface area contributed by atoms with Crippen LogP contribution in [0.4, 0.5) is 0 Å². The molecule has 68 valence electrons. The Balaban J connectivity index is 2.72. The molecular formula is C7H11ClN2O2. The van der Waals surface area contributed by atoms with Crippen LogP contribution in [0.15, 0.2) is 4.52 Å². The molecule has 0 atom stereocenters. The average molecular weight is 191 g/mol. The van der Waals surface area contributed by atoms with Gasteiger partial charge in [-0.05, 0) is 18.0 Å². The van der Waals surface area contributed by atoms with E-state index in [0.717, 1.165) is 17.7 Å². The highest BCUT2D eigenvalue weighted by atomic mass is 35.5. The van der Waals surface area contributed by atoms with Crippen molar-refractivity contribution in [3.05, 3.63) is 16.5 Å². The van der Waals surface area contributed by atoms with Crippen LogP contribution in [0.25, 0.3) is 0 Å². The molecule has 1 aromatic rings. The van der Waals surface area contributed by atoms with Crippen LogP contribution in [0.2, 0.25) is 5.22 Å². The first kappa shape index (κ1) is 9.51. The minimum absolute atomic E-state index is 0.330. The van der Waals surface area contributed by atoms with Crippen molar-refractivity contribution in [2.45, 2.75) is 19.9 Å². The van der Waals surface area contributed by atoms with Gasteiger partial charge in [0.15, 0.2) is 0 Å². The maximum atomic E-state index is 5.73. The molecule has 0 radical (unpaired) electrons. The maximum Gasteiger partial charge on any atom is 0.230 e. The van der Waals surface area contributed by atoms with Crippen molar-refractivity contribution in [1.82, 2.24) is 10.6 Å². The third-order valence-corrected chi connectivity index (χ3v) is 1.85. The molecule has 1 rings (SSSR count). The lowest BCUT2D eigenvalue weighted by atomic mass is 10.2. The Morgan fingerprint density at radius 1 is 1.67 bits per heavy atom. The summed E-state index contributed by atoms with van der Waals surface area (Å²) in [6.07, 6.45) is 0.803. The fourth-order valence-corrected chi connectivity index (χ4v) is 1.12. The Bertz CT molecular complexity index is 250. The van der Waals surface area contributed by atoms with Gasteiger partial charge in [0.1, 0.15) is 0 Å². The summed E-state index contributed by atoms with van der Waals surface area (Å²) >= 11 is 5.73. The van der Waals surface area contributed by atoms with Gasteiger partial charge in [-0.15, -0.1) is 0 Å². The molecule has 1 aromatic heterocycles. The summed E-state index contributed by atoms with van der Waals surface area (Å²) in [5, 5.41) is 4.11. The second-order valence-electron chi connectivity index (χ2n) is 2.26. The molecule has 0 fully saturated rings. The normalized spacial score (nSPS) is 10.6. The number of nitrogens with zero attached hydrogens (tertiary/aromatic N) is 1. The molecule has 0 spiro atoms. The van der Waals surface area contributed by atoms with Crippen molar-refractivity contribution in [1.29, 1.82) is 0 Å². The van der Waals surface area contributed by atoms with Crippen molar-refractivity contribution < 1.29 is 9.36 Å². The Morgan fingerprint density at radius 3 is 3.00 bits per heavy atom. The summed E-state index contributed by atoms with van der Waals surface area (Å²) < 4.78 is 4.80. The summed E-state index contributed by atoms with van der Waals surface area (Å²) in [7, 11) is 1.55. The first-order valence-electron chi connectivity index (χ1n) is 3.68. The number of hydrogen-bond donors (Lipinski definition) is 1. The largest absolute Gasteiger partial charge is 0.344 e. The lowest BCUT2D eigenvalue weighted by Crippen LogP contribution is -2.11. The Morgan fingerprint density at radius 2 is 2.42 bits per heavy atom. The Labute approximate surface area is 75.8 Å². The van der Waals surface area contributed by atoms with Gasteiger partial charge in [0.25, 0.3) is 0 Å². The second-order valence-corrected chi connectivity index (χ2v) is 2.60. The predicted octanol–water partition coefficient (Wildman–Crippen LogP) is 1.54. The zero-order valence-electron chi connectivity index (χ0n) is 7.06. The summed E-state index contributed by atoms with van der Waals surface area (Å²) in [6, 6.07) is 0. The minimum atomic E-state index is 0.330. The van der Waals surface area contributed by atoms with Crippen molar-refractivity contribution in [3.63, 3.8) is 0 Å². The van der Waals surface area contributed by atoms with Gasteiger partial charge < -0.3 is 9.36 Å². The van der Waals surface area contributed by atoms with Gasteiger partial charge in [-0.3, -0.25) is 0 Å². The van der Waals surface area contributed by atoms with E-state index in [0.29, 0.717) is 11.8 Å². The molecule has 0 aliphatic heterocycles. The molecule has 12 heavy (non-hydrogen) atoms. The number of hydrogen-bond acceptors (Lipinski definition) is 4. The van der Waals surface area contributed by atoms with Crippen LogP contribution in [0.3, 0.4) is 0 Å². The van der Waals surface area contributed by atoms with E-state index >= 15 is 0 Å². The van der Waals surface area contributed by atoms with Crippen LogP contribution in [-0.4, -0.2) is 12.3 Å². The topological polar surface area (TPSA) is 47.3 Å². The highest BCUT2D eigenvalue weighted by Gasteiger charge is 2.11. The number of aryl methyl sites for hydroxylation is 1. The molecule has 0 amide bonds. The fourth-order valence-electron chi connectivity index (χ4n) is 0.913. The fraction of sp³-hybridized carbons (Fsp3) is 0.571. The molecule has 1 N–H and O–H groups in total. The summed E-state index contributed by atoms with van der Waals surface area (Å²) in [4.78, 5) is 4.69. The molecule has 0 saturated heterocycles. The molecule has 0 aromatic carbocycles. The minimum Gasteiger partial charge on any atom is -0.344 e. The number of rotatable bonds is 4. The smallest absolute Gasteiger partial charge is 0.230 e. The lowest BCUT2D eigenvalue weighted by molar-refractivity contribution is 0.0864. The van der Waals surface area contributed by atoms with Gasteiger partial charge in [0.2, 0.25) is 5.22 Å². The van der Waals surface area contributed by atoms with Gasteiger partial charge in [-0.2, -0.15) is 5.48 Å². The maximum absolute atomic E-state index is 5.73.